The first-order valence-electron chi connectivity index (χ1n) is 17.4. The van der Waals surface area contributed by atoms with E-state index in [9.17, 15) is 0 Å². The van der Waals surface area contributed by atoms with Crippen LogP contribution < -0.4 is 35.2 Å². The first-order valence-corrected chi connectivity index (χ1v) is 22.6. The summed E-state index contributed by atoms with van der Waals surface area (Å²) < 4.78 is 0. The quantitative estimate of drug-likeness (QED) is 0.171. The normalized spacial score (nSPS) is 12.1. The van der Waals surface area contributed by atoms with Gasteiger partial charge >= 0.3 is 99.8 Å². The van der Waals surface area contributed by atoms with Gasteiger partial charge in [0.05, 0.1) is 0 Å². The van der Waals surface area contributed by atoms with Crippen molar-refractivity contribution in [1.82, 2.24) is 0 Å². The first-order chi connectivity index (χ1) is 22.3. The molecule has 0 aliphatic heterocycles. The fraction of sp³-hybridized carbons (Fsp3) is 0.370. The summed E-state index contributed by atoms with van der Waals surface area (Å²) in [5.74, 6) is 0. The molecule has 0 nitrogen and oxygen atoms in total. The molecular formula is C46H56Cl2SiZr-2. The molecule has 0 N–H and O–H groups in total. The largest absolute Gasteiger partial charge is 0.214 e. The zero-order chi connectivity index (χ0) is 35.5. The van der Waals surface area contributed by atoms with E-state index in [1.54, 1.807) is 23.3 Å². The van der Waals surface area contributed by atoms with Gasteiger partial charge in [0.2, 0.25) is 0 Å². The Morgan fingerprint density at radius 3 is 1.34 bits per heavy atom. The van der Waals surface area contributed by atoms with Crippen LogP contribution in [0.25, 0.3) is 11.1 Å². The summed E-state index contributed by atoms with van der Waals surface area (Å²) >= 11 is 1.64. The van der Waals surface area contributed by atoms with Crippen molar-refractivity contribution in [3.63, 3.8) is 0 Å². The fourth-order valence-electron chi connectivity index (χ4n) is 6.32. The number of benzene rings is 4. The average molecular weight is 799 g/mol. The van der Waals surface area contributed by atoms with Crippen LogP contribution in [0.3, 0.4) is 0 Å². The first kappa shape index (κ1) is 44.1. The summed E-state index contributed by atoms with van der Waals surface area (Å²) in [4.78, 5) is 0. The van der Waals surface area contributed by atoms with Crippen molar-refractivity contribution >= 4 is 15.8 Å². The van der Waals surface area contributed by atoms with Gasteiger partial charge in [0.1, 0.15) is 0 Å². The predicted molar refractivity (Wildman–Crippen MR) is 208 cm³/mol. The number of fused-ring (bicyclic) bond motifs is 3. The molecule has 0 amide bonds. The number of hydrogen-bond acceptors (Lipinski definition) is 0. The van der Waals surface area contributed by atoms with Crippen LogP contribution in [-0.4, -0.2) is 5.43 Å². The van der Waals surface area contributed by atoms with E-state index in [0.717, 1.165) is 6.42 Å². The van der Waals surface area contributed by atoms with Gasteiger partial charge in [0.15, 0.2) is 0 Å². The van der Waals surface area contributed by atoms with Gasteiger partial charge in [-0.25, -0.2) is 12.1 Å². The van der Waals surface area contributed by atoms with Crippen molar-refractivity contribution in [2.45, 2.75) is 111 Å². The molecule has 0 spiro atoms. The second-order valence-corrected chi connectivity index (χ2v) is 22.8. The summed E-state index contributed by atoms with van der Waals surface area (Å²) in [5.41, 5.74) is 11.5. The Balaban J connectivity index is 0.000000341. The molecule has 4 heteroatoms. The molecule has 0 heterocycles. The molecular weight excluding hydrogens is 743 g/mol. The Morgan fingerprint density at radius 2 is 0.960 bits per heavy atom. The molecule has 0 saturated carbocycles. The van der Waals surface area contributed by atoms with Gasteiger partial charge in [-0.1, -0.05) is 106 Å². The zero-order valence-electron chi connectivity index (χ0n) is 32.4. The third-order valence-corrected chi connectivity index (χ3v) is 15.0. The molecule has 50 heavy (non-hydrogen) atoms. The maximum atomic E-state index is 3.90. The van der Waals surface area contributed by atoms with Crippen molar-refractivity contribution < 1.29 is 48.1 Å². The van der Waals surface area contributed by atoms with Crippen LogP contribution in [-0.2, 0) is 51.4 Å². The maximum Gasteiger partial charge on any atom is -0.172 e. The molecule has 1 aliphatic rings. The average Bonchev–Trinajstić information content (AvgIpc) is 3.71. The Morgan fingerprint density at radius 1 is 0.540 bits per heavy atom. The van der Waals surface area contributed by atoms with Gasteiger partial charge in [0, 0.05) is 0 Å². The van der Waals surface area contributed by atoms with Gasteiger partial charge in [0.25, 0.3) is 0 Å². The van der Waals surface area contributed by atoms with Crippen LogP contribution in [0.5, 0.6) is 0 Å². The monoisotopic (exact) mass is 796 g/mol. The van der Waals surface area contributed by atoms with Gasteiger partial charge in [-0.05, 0) is 39.4 Å². The van der Waals surface area contributed by atoms with Crippen molar-refractivity contribution in [1.29, 1.82) is 0 Å². The molecule has 1 aliphatic carbocycles. The standard InChI is InChI=1S/C29H41.C12H10Si.C5H5.2ClH.Zr/c1-26(2,3)22-14-18-13-19-15-23(27(4,5)6)25(29(10,11)12)17-21(19)20(18)16-24(22)28(7,8)9;1-3-7-11(8-4-1)13-12-9-5-2-6-10-12;1-2-4-5-3-1;;;/h14,16-17H,13H2,1-12H3;1-10H;1-5H;2*1H;/q-1;;-1;;;+2/p-2. The number of halogens is 2. The topological polar surface area (TPSA) is 0 Å². The molecule has 0 atom stereocenters. The maximum absolute atomic E-state index is 3.90. The summed E-state index contributed by atoms with van der Waals surface area (Å²) in [6.07, 6.45) is 1.01. The Bertz CT molecular complexity index is 1670. The molecule has 0 bridgehead atoms. The minimum atomic E-state index is -0.455. The second kappa shape index (κ2) is 17.6. The molecule has 0 fully saturated rings. The SMILES string of the molecule is CC(C)(C)c1[c-]c2c(cc1C(C)(C)C)-c1cc(C(C)(C)C)c(C(C)(C)C)cc1C2.[Cl-].[Cl-].[Zr+2]=[Si](c1ccccc1)c1ccccc1.c1cc[cH-]c1. The fourth-order valence-corrected chi connectivity index (χ4v) is 10.2. The molecule has 0 unspecified atom stereocenters. The number of hydrogen-bond donors (Lipinski definition) is 0. The minimum absolute atomic E-state index is 0. The summed E-state index contributed by atoms with van der Waals surface area (Å²) in [6.45, 7) is 28.0. The van der Waals surface area contributed by atoms with Crippen molar-refractivity contribution in [3.8, 4) is 11.1 Å². The van der Waals surface area contributed by atoms with Crippen molar-refractivity contribution in [2.75, 3.05) is 0 Å². The summed E-state index contributed by atoms with van der Waals surface area (Å²) in [6, 6.07) is 43.1. The minimum Gasteiger partial charge on any atom is -0.214 e. The van der Waals surface area contributed by atoms with E-state index in [1.165, 1.54) is 54.9 Å². The van der Waals surface area contributed by atoms with Crippen molar-refractivity contribution in [2.24, 2.45) is 0 Å². The molecule has 264 valence electrons. The van der Waals surface area contributed by atoms with Crippen molar-refractivity contribution in [3.05, 3.63) is 149 Å². The molecule has 5 aromatic rings. The van der Waals surface area contributed by atoms with E-state index in [4.69, 9.17) is 0 Å². The van der Waals surface area contributed by atoms with Crippen LogP contribution in [0.2, 0.25) is 0 Å². The molecule has 0 radical (unpaired) electrons. The predicted octanol–water partition coefficient (Wildman–Crippen LogP) is 5.00. The van der Waals surface area contributed by atoms with Crippen LogP contribution in [0, 0.1) is 6.07 Å². The van der Waals surface area contributed by atoms with Gasteiger partial charge in [-0.2, -0.15) is 35.9 Å². The van der Waals surface area contributed by atoms with Crippen LogP contribution in [0.4, 0.5) is 0 Å². The molecule has 5 aromatic carbocycles. The van der Waals surface area contributed by atoms with Gasteiger partial charge in [-0.3, -0.25) is 0 Å². The zero-order valence-corrected chi connectivity index (χ0v) is 37.3. The molecule has 0 saturated heterocycles. The van der Waals surface area contributed by atoms with E-state index >= 15 is 0 Å². The van der Waals surface area contributed by atoms with Gasteiger partial charge < -0.3 is 24.8 Å². The Labute approximate surface area is 332 Å². The third kappa shape index (κ3) is 11.2. The summed E-state index contributed by atoms with van der Waals surface area (Å²) in [5, 5.41) is 3.03. The van der Waals surface area contributed by atoms with E-state index in [-0.39, 0.29) is 46.5 Å². The van der Waals surface area contributed by atoms with E-state index in [2.05, 4.69) is 168 Å². The Hall–Kier alpha value is -2.09. The van der Waals surface area contributed by atoms with Gasteiger partial charge in [-0.15, -0.1) is 16.7 Å². The van der Waals surface area contributed by atoms with E-state index in [0.29, 0.717) is 0 Å². The van der Waals surface area contributed by atoms with E-state index in [1.807, 2.05) is 30.3 Å². The summed E-state index contributed by atoms with van der Waals surface area (Å²) in [7, 11) is 0. The third-order valence-electron chi connectivity index (χ3n) is 8.91. The molecule has 0 aromatic heterocycles. The Kier molecular flexibility index (Phi) is 15.5. The smallest absolute Gasteiger partial charge is 0.172 e. The number of rotatable bonds is 2. The van der Waals surface area contributed by atoms with Crippen LogP contribution in [0.1, 0.15) is 116 Å². The van der Waals surface area contributed by atoms with E-state index < -0.39 is 5.43 Å². The van der Waals surface area contributed by atoms with Crippen LogP contribution >= 0.6 is 0 Å². The molecule has 6 rings (SSSR count). The second-order valence-electron chi connectivity index (χ2n) is 17.3. The van der Waals surface area contributed by atoms with Crippen LogP contribution in [0.15, 0.2) is 109 Å².